The smallest absolute Gasteiger partial charge is 0.236 e. The predicted octanol–water partition coefficient (Wildman–Crippen LogP) is 2.90. The van der Waals surface area contributed by atoms with Crippen molar-refractivity contribution in [1.29, 1.82) is 0 Å². The van der Waals surface area contributed by atoms with Gasteiger partial charge in [-0.05, 0) is 55.5 Å². The summed E-state index contributed by atoms with van der Waals surface area (Å²) in [6.07, 6.45) is 1.68. The van der Waals surface area contributed by atoms with Crippen molar-refractivity contribution in [2.45, 2.75) is 26.4 Å². The zero-order chi connectivity index (χ0) is 21.1. The van der Waals surface area contributed by atoms with Gasteiger partial charge in [-0.2, -0.15) is 0 Å². The Bertz CT molecular complexity index is 1080. The minimum Gasteiger partial charge on any atom is -0.489 e. The molecule has 3 N–H and O–H groups in total. The molecule has 30 heavy (non-hydrogen) atoms. The van der Waals surface area contributed by atoms with Crippen LogP contribution in [0, 0.1) is 18.8 Å². The number of para-hydroxylation sites is 1. The maximum absolute atomic E-state index is 12.0. The van der Waals surface area contributed by atoms with Crippen molar-refractivity contribution < 1.29 is 14.3 Å². The van der Waals surface area contributed by atoms with E-state index in [4.69, 9.17) is 10.5 Å². The molecule has 0 aliphatic heterocycles. The Labute approximate surface area is 175 Å². The summed E-state index contributed by atoms with van der Waals surface area (Å²) in [5.41, 5.74) is 9.30. The third-order valence-electron chi connectivity index (χ3n) is 5.44. The van der Waals surface area contributed by atoms with E-state index in [-0.39, 0.29) is 18.4 Å². The molecule has 0 spiro atoms. The molecular weight excluding hydrogens is 378 g/mol. The number of nitrogens with one attached hydrogen (secondary N) is 1. The van der Waals surface area contributed by atoms with Crippen LogP contribution in [0.5, 0.6) is 5.75 Å². The Balaban J connectivity index is 1.32. The molecule has 154 valence electrons. The van der Waals surface area contributed by atoms with E-state index in [2.05, 4.69) is 22.4 Å². The second-order valence-electron chi connectivity index (χ2n) is 7.86. The summed E-state index contributed by atoms with van der Waals surface area (Å²) in [6, 6.07) is 18.2. The third kappa shape index (κ3) is 4.76. The van der Waals surface area contributed by atoms with Crippen molar-refractivity contribution in [3.05, 3.63) is 71.4 Å². The first-order chi connectivity index (χ1) is 14.5. The molecule has 2 atom stereocenters. The topological polar surface area (TPSA) is 94.3 Å². The minimum absolute atomic E-state index is 0.0245. The van der Waals surface area contributed by atoms with E-state index in [9.17, 15) is 9.59 Å². The fourth-order valence-electron chi connectivity index (χ4n) is 3.80. The summed E-state index contributed by atoms with van der Waals surface area (Å²) in [4.78, 5) is 27.3. The first-order valence-corrected chi connectivity index (χ1v) is 10.1. The van der Waals surface area contributed by atoms with Gasteiger partial charge in [-0.25, -0.2) is 0 Å². The first-order valence-electron chi connectivity index (χ1n) is 10.1. The molecule has 0 radical (unpaired) electrons. The van der Waals surface area contributed by atoms with E-state index in [1.54, 1.807) is 0 Å². The Morgan fingerprint density at radius 3 is 2.70 bits per heavy atom. The monoisotopic (exact) mass is 403 g/mol. The van der Waals surface area contributed by atoms with E-state index in [1.165, 1.54) is 5.56 Å². The summed E-state index contributed by atoms with van der Waals surface area (Å²) in [5, 5.41) is 3.69. The number of primary amides is 1. The zero-order valence-electron chi connectivity index (χ0n) is 16.9. The minimum atomic E-state index is -0.522. The standard InChI is InChI=1S/C24H25N3O3/c1-15-10-18(20-4-2-3-5-22(20)27-15)14-30-19-8-6-16(7-9-19)11-17-12-21(17)24(29)26-13-23(25)28/h2-10,17,21H,11-14H2,1H3,(H2,25,28)(H,26,29). The van der Waals surface area contributed by atoms with Crippen LogP contribution in [-0.2, 0) is 22.6 Å². The number of aryl methyl sites for hydroxylation is 1. The van der Waals surface area contributed by atoms with Crippen molar-refractivity contribution in [2.75, 3.05) is 6.54 Å². The van der Waals surface area contributed by atoms with Gasteiger partial charge in [0.2, 0.25) is 11.8 Å². The van der Waals surface area contributed by atoms with Crippen molar-refractivity contribution in [3.63, 3.8) is 0 Å². The van der Waals surface area contributed by atoms with Crippen LogP contribution in [0.15, 0.2) is 54.6 Å². The van der Waals surface area contributed by atoms with E-state index in [0.29, 0.717) is 12.5 Å². The highest BCUT2D eigenvalue weighted by Crippen LogP contribution is 2.41. The summed E-state index contributed by atoms with van der Waals surface area (Å²) < 4.78 is 6.01. The van der Waals surface area contributed by atoms with E-state index in [1.807, 2.05) is 49.4 Å². The lowest BCUT2D eigenvalue weighted by Gasteiger charge is -2.10. The van der Waals surface area contributed by atoms with Crippen LogP contribution in [0.2, 0.25) is 0 Å². The number of nitrogens with zero attached hydrogens (tertiary/aromatic N) is 1. The predicted molar refractivity (Wildman–Crippen MR) is 115 cm³/mol. The molecule has 0 bridgehead atoms. The Morgan fingerprint density at radius 1 is 1.17 bits per heavy atom. The Kier molecular flexibility index (Phi) is 5.65. The number of amides is 2. The molecule has 1 fully saturated rings. The van der Waals surface area contributed by atoms with Crippen LogP contribution in [0.4, 0.5) is 0 Å². The number of carbonyl (C=O) groups is 2. The normalized spacial score (nSPS) is 17.5. The second kappa shape index (κ2) is 8.53. The van der Waals surface area contributed by atoms with Gasteiger partial charge in [-0.1, -0.05) is 30.3 Å². The number of nitrogens with two attached hydrogens (primary N) is 1. The molecule has 3 aromatic rings. The van der Waals surface area contributed by atoms with E-state index in [0.717, 1.165) is 40.8 Å². The van der Waals surface area contributed by atoms with Crippen molar-refractivity contribution in [1.82, 2.24) is 10.3 Å². The lowest BCUT2D eigenvalue weighted by atomic mass is 10.1. The number of fused-ring (bicyclic) bond motifs is 1. The average Bonchev–Trinajstić information content (AvgIpc) is 3.50. The Morgan fingerprint density at radius 2 is 1.93 bits per heavy atom. The van der Waals surface area contributed by atoms with Crippen LogP contribution in [0.25, 0.3) is 10.9 Å². The number of carbonyl (C=O) groups excluding carboxylic acids is 2. The summed E-state index contributed by atoms with van der Waals surface area (Å²) in [5.74, 6) is 0.493. The number of hydrogen-bond acceptors (Lipinski definition) is 4. The summed E-state index contributed by atoms with van der Waals surface area (Å²) >= 11 is 0. The molecule has 0 saturated heterocycles. The van der Waals surface area contributed by atoms with Gasteiger partial charge in [-0.3, -0.25) is 14.6 Å². The highest BCUT2D eigenvalue weighted by atomic mass is 16.5. The molecule has 1 aliphatic rings. The fraction of sp³-hybridized carbons (Fsp3) is 0.292. The van der Waals surface area contributed by atoms with Gasteiger partial charge in [0.15, 0.2) is 0 Å². The summed E-state index contributed by atoms with van der Waals surface area (Å²) in [7, 11) is 0. The summed E-state index contributed by atoms with van der Waals surface area (Å²) in [6.45, 7) is 2.37. The van der Waals surface area contributed by atoms with Crippen LogP contribution >= 0.6 is 0 Å². The van der Waals surface area contributed by atoms with E-state index < -0.39 is 5.91 Å². The van der Waals surface area contributed by atoms with Crippen molar-refractivity contribution in [2.24, 2.45) is 17.6 Å². The number of benzene rings is 2. The van der Waals surface area contributed by atoms with Gasteiger partial charge < -0.3 is 15.8 Å². The molecule has 2 unspecified atom stereocenters. The fourth-order valence-corrected chi connectivity index (χ4v) is 3.80. The third-order valence-corrected chi connectivity index (χ3v) is 5.44. The second-order valence-corrected chi connectivity index (χ2v) is 7.86. The number of ether oxygens (including phenoxy) is 1. The Hall–Kier alpha value is -3.41. The van der Waals surface area contributed by atoms with Gasteiger partial charge in [0.05, 0.1) is 12.1 Å². The van der Waals surface area contributed by atoms with Crippen LogP contribution < -0.4 is 15.8 Å². The van der Waals surface area contributed by atoms with Crippen molar-refractivity contribution >= 4 is 22.7 Å². The highest BCUT2D eigenvalue weighted by Gasteiger charge is 2.42. The molecule has 1 saturated carbocycles. The van der Waals surface area contributed by atoms with Gasteiger partial charge in [0, 0.05) is 22.6 Å². The van der Waals surface area contributed by atoms with Gasteiger partial charge in [0.25, 0.3) is 0 Å². The quantitative estimate of drug-likeness (QED) is 0.605. The molecule has 2 aromatic carbocycles. The molecule has 1 aliphatic carbocycles. The molecule has 2 amide bonds. The molecule has 1 aromatic heterocycles. The number of rotatable bonds is 8. The molecular formula is C24H25N3O3. The largest absolute Gasteiger partial charge is 0.489 e. The van der Waals surface area contributed by atoms with Crippen LogP contribution in [0.3, 0.4) is 0 Å². The lowest BCUT2D eigenvalue weighted by Crippen LogP contribution is -2.34. The molecule has 1 heterocycles. The molecule has 4 rings (SSSR count). The van der Waals surface area contributed by atoms with Crippen LogP contribution in [0.1, 0.15) is 23.2 Å². The highest BCUT2D eigenvalue weighted by molar-refractivity contribution is 5.86. The van der Waals surface area contributed by atoms with Gasteiger partial charge in [0.1, 0.15) is 12.4 Å². The van der Waals surface area contributed by atoms with Crippen LogP contribution in [-0.4, -0.2) is 23.3 Å². The lowest BCUT2D eigenvalue weighted by molar-refractivity contribution is -0.125. The molecule has 6 nitrogen and oxygen atoms in total. The zero-order valence-corrected chi connectivity index (χ0v) is 16.9. The van der Waals surface area contributed by atoms with Gasteiger partial charge in [-0.15, -0.1) is 0 Å². The van der Waals surface area contributed by atoms with Crippen molar-refractivity contribution in [3.8, 4) is 5.75 Å². The maximum Gasteiger partial charge on any atom is 0.236 e. The number of pyridine rings is 1. The van der Waals surface area contributed by atoms with Gasteiger partial charge >= 0.3 is 0 Å². The average molecular weight is 403 g/mol. The maximum atomic E-state index is 12.0. The first kappa shape index (κ1) is 19.9. The number of aromatic nitrogens is 1. The SMILES string of the molecule is Cc1cc(COc2ccc(CC3CC3C(=O)NCC(N)=O)cc2)c2ccccc2n1. The molecule has 6 heteroatoms. The number of hydrogen-bond donors (Lipinski definition) is 2. The van der Waals surface area contributed by atoms with E-state index >= 15 is 0 Å².